The number of aryl methyl sites for hydroxylation is 1. The summed E-state index contributed by atoms with van der Waals surface area (Å²) in [7, 11) is 0. The van der Waals surface area contributed by atoms with E-state index in [0.717, 1.165) is 0 Å². The normalized spacial score (nSPS) is 6.10. The van der Waals surface area contributed by atoms with Crippen LogP contribution in [0.3, 0.4) is 0 Å². The quantitative estimate of drug-likeness (QED) is 0.512. The van der Waals surface area contributed by atoms with Gasteiger partial charge in [0, 0.05) is 0 Å². The SMILES string of the molecule is C.C.C.Cc1ccccc1. The molecule has 0 radical (unpaired) electrons. The summed E-state index contributed by atoms with van der Waals surface area (Å²) >= 11 is 0. The molecule has 0 nitrogen and oxygen atoms in total. The Bertz CT molecular complexity index is 130. The lowest BCUT2D eigenvalue weighted by Crippen LogP contribution is -1.62. The molecule has 0 unspecified atom stereocenters. The van der Waals surface area contributed by atoms with Crippen molar-refractivity contribution in [3.63, 3.8) is 0 Å². The van der Waals surface area contributed by atoms with Crippen molar-refractivity contribution < 1.29 is 0 Å². The monoisotopic (exact) mass is 140 g/mol. The van der Waals surface area contributed by atoms with E-state index in [1.165, 1.54) is 5.56 Å². The largest absolute Gasteiger partial charge is 0.0776 e. The van der Waals surface area contributed by atoms with Crippen LogP contribution in [0.5, 0.6) is 0 Å². The van der Waals surface area contributed by atoms with Crippen molar-refractivity contribution in [1.82, 2.24) is 0 Å². The van der Waals surface area contributed by atoms with Gasteiger partial charge in [-0.1, -0.05) is 58.2 Å². The highest BCUT2D eigenvalue weighted by Crippen LogP contribution is 1.92. The van der Waals surface area contributed by atoms with Gasteiger partial charge in [0.1, 0.15) is 0 Å². The van der Waals surface area contributed by atoms with Crippen LogP contribution in [0.15, 0.2) is 30.3 Å². The van der Waals surface area contributed by atoms with Gasteiger partial charge in [0.2, 0.25) is 0 Å². The third kappa shape index (κ3) is 5.36. The molecular weight excluding hydrogens is 120 g/mol. The molecule has 1 aromatic carbocycles. The minimum atomic E-state index is 0. The van der Waals surface area contributed by atoms with Crippen molar-refractivity contribution in [3.05, 3.63) is 35.9 Å². The van der Waals surface area contributed by atoms with Crippen molar-refractivity contribution in [2.45, 2.75) is 29.2 Å². The van der Waals surface area contributed by atoms with E-state index in [1.54, 1.807) is 0 Å². The fourth-order valence-corrected chi connectivity index (χ4v) is 0.534. The molecule has 60 valence electrons. The highest BCUT2D eigenvalue weighted by molar-refractivity contribution is 5.11. The molecule has 0 saturated heterocycles. The Hall–Kier alpha value is -0.780. The van der Waals surface area contributed by atoms with Crippen LogP contribution in [0.2, 0.25) is 0 Å². The van der Waals surface area contributed by atoms with Crippen molar-refractivity contribution in [2.24, 2.45) is 0 Å². The predicted molar refractivity (Wildman–Crippen MR) is 51.4 cm³/mol. The van der Waals surface area contributed by atoms with Crippen LogP contribution in [0.4, 0.5) is 0 Å². The smallest absolute Gasteiger partial charge is 0.0398 e. The van der Waals surface area contributed by atoms with Crippen LogP contribution in [0.25, 0.3) is 0 Å². The number of benzene rings is 1. The van der Waals surface area contributed by atoms with E-state index in [2.05, 4.69) is 19.1 Å². The maximum Gasteiger partial charge on any atom is -0.0398 e. The summed E-state index contributed by atoms with van der Waals surface area (Å²) in [6.45, 7) is 2.08. The lowest BCUT2D eigenvalue weighted by Gasteiger charge is -1.82. The lowest BCUT2D eigenvalue weighted by atomic mass is 10.2. The average molecular weight is 140 g/mol. The molecular formula is C10H20. The van der Waals surface area contributed by atoms with E-state index in [4.69, 9.17) is 0 Å². The Labute approximate surface area is 65.9 Å². The zero-order valence-electron chi connectivity index (χ0n) is 4.39. The van der Waals surface area contributed by atoms with Gasteiger partial charge in [-0.05, 0) is 6.92 Å². The molecule has 0 heteroatoms. The molecule has 0 heterocycles. The van der Waals surface area contributed by atoms with Gasteiger partial charge < -0.3 is 0 Å². The van der Waals surface area contributed by atoms with Crippen LogP contribution in [-0.4, -0.2) is 0 Å². The number of rotatable bonds is 0. The summed E-state index contributed by atoms with van der Waals surface area (Å²) in [4.78, 5) is 0. The third-order valence-electron chi connectivity index (χ3n) is 0.940. The Kier molecular flexibility index (Phi) is 13.2. The van der Waals surface area contributed by atoms with Gasteiger partial charge >= 0.3 is 0 Å². The first-order valence-electron chi connectivity index (χ1n) is 2.41. The zero-order chi connectivity index (χ0) is 5.11. The maximum absolute atomic E-state index is 2.08. The summed E-state index contributed by atoms with van der Waals surface area (Å²) < 4.78 is 0. The second-order valence-electron chi connectivity index (χ2n) is 1.65. The van der Waals surface area contributed by atoms with E-state index < -0.39 is 0 Å². The Morgan fingerprint density at radius 2 is 1.20 bits per heavy atom. The molecule has 1 aromatic rings. The standard InChI is InChI=1S/C7H8.3CH4/c1-7-5-3-2-4-6-7;;;/h2-6H,1H3;3*1H4. The zero-order valence-corrected chi connectivity index (χ0v) is 4.39. The van der Waals surface area contributed by atoms with Crippen molar-refractivity contribution >= 4 is 0 Å². The van der Waals surface area contributed by atoms with Crippen molar-refractivity contribution in [2.75, 3.05) is 0 Å². The molecule has 0 aliphatic heterocycles. The van der Waals surface area contributed by atoms with Gasteiger partial charge in [-0.3, -0.25) is 0 Å². The van der Waals surface area contributed by atoms with Crippen LogP contribution in [-0.2, 0) is 0 Å². The molecule has 0 aliphatic carbocycles. The second kappa shape index (κ2) is 8.22. The van der Waals surface area contributed by atoms with Crippen LogP contribution in [0.1, 0.15) is 27.8 Å². The molecule has 0 saturated carbocycles. The summed E-state index contributed by atoms with van der Waals surface area (Å²) in [6.07, 6.45) is 0. The highest BCUT2D eigenvalue weighted by atomic mass is 13.8. The first-order chi connectivity index (χ1) is 3.39. The molecule has 1 rings (SSSR count). The van der Waals surface area contributed by atoms with E-state index in [0.29, 0.717) is 0 Å². The first kappa shape index (κ1) is 16.1. The van der Waals surface area contributed by atoms with E-state index in [1.807, 2.05) is 18.2 Å². The molecule has 0 spiro atoms. The van der Waals surface area contributed by atoms with Gasteiger partial charge in [0.05, 0.1) is 0 Å². The molecule has 0 atom stereocenters. The molecule has 0 fully saturated rings. The van der Waals surface area contributed by atoms with Crippen molar-refractivity contribution in [3.8, 4) is 0 Å². The van der Waals surface area contributed by atoms with Gasteiger partial charge in [0.25, 0.3) is 0 Å². The molecule has 0 aliphatic rings. The molecule has 10 heavy (non-hydrogen) atoms. The maximum atomic E-state index is 2.08. The number of hydrogen-bond acceptors (Lipinski definition) is 0. The summed E-state index contributed by atoms with van der Waals surface area (Å²) in [5.41, 5.74) is 1.32. The van der Waals surface area contributed by atoms with Gasteiger partial charge in [-0.15, -0.1) is 0 Å². The second-order valence-corrected chi connectivity index (χ2v) is 1.65. The average Bonchev–Trinajstić information content (AvgIpc) is 1.69. The van der Waals surface area contributed by atoms with Gasteiger partial charge in [-0.25, -0.2) is 0 Å². The molecule has 0 aromatic heterocycles. The Balaban J connectivity index is -0.000000163. The minimum absolute atomic E-state index is 0. The van der Waals surface area contributed by atoms with Crippen LogP contribution < -0.4 is 0 Å². The van der Waals surface area contributed by atoms with E-state index in [-0.39, 0.29) is 22.3 Å². The summed E-state index contributed by atoms with van der Waals surface area (Å²) in [6, 6.07) is 10.3. The predicted octanol–water partition coefficient (Wildman–Crippen LogP) is 3.90. The third-order valence-corrected chi connectivity index (χ3v) is 0.940. The highest BCUT2D eigenvalue weighted by Gasteiger charge is 1.72. The Morgan fingerprint density at radius 3 is 1.40 bits per heavy atom. The summed E-state index contributed by atoms with van der Waals surface area (Å²) in [5.74, 6) is 0. The molecule has 0 bridgehead atoms. The number of hydrogen-bond donors (Lipinski definition) is 0. The lowest BCUT2D eigenvalue weighted by molar-refractivity contribution is 1.48. The fraction of sp³-hybridized carbons (Fsp3) is 0.400. The minimum Gasteiger partial charge on any atom is -0.0776 e. The fourth-order valence-electron chi connectivity index (χ4n) is 0.534. The Morgan fingerprint density at radius 1 is 0.800 bits per heavy atom. The molecule has 0 amide bonds. The van der Waals surface area contributed by atoms with Crippen LogP contribution >= 0.6 is 0 Å². The summed E-state index contributed by atoms with van der Waals surface area (Å²) in [5, 5.41) is 0. The van der Waals surface area contributed by atoms with E-state index >= 15 is 0 Å². The van der Waals surface area contributed by atoms with Crippen LogP contribution in [0, 0.1) is 6.92 Å². The topological polar surface area (TPSA) is 0 Å². The first-order valence-corrected chi connectivity index (χ1v) is 2.41. The van der Waals surface area contributed by atoms with Gasteiger partial charge in [-0.2, -0.15) is 0 Å². The van der Waals surface area contributed by atoms with Gasteiger partial charge in [0.15, 0.2) is 0 Å². The molecule has 0 N–H and O–H groups in total. The van der Waals surface area contributed by atoms with Crippen molar-refractivity contribution in [1.29, 1.82) is 0 Å². The van der Waals surface area contributed by atoms with E-state index in [9.17, 15) is 0 Å².